The van der Waals surface area contributed by atoms with Crippen LogP contribution in [-0.2, 0) is 4.74 Å². The van der Waals surface area contributed by atoms with Crippen LogP contribution >= 0.6 is 15.9 Å². The van der Waals surface area contributed by atoms with Crippen LogP contribution in [-0.4, -0.2) is 44.3 Å². The molecule has 1 fully saturated rings. The Kier molecular flexibility index (Phi) is 5.46. The van der Waals surface area contributed by atoms with Crippen molar-refractivity contribution >= 4 is 27.5 Å². The minimum atomic E-state index is -0.346. The van der Waals surface area contributed by atoms with Crippen LogP contribution in [0.2, 0.25) is 0 Å². The van der Waals surface area contributed by atoms with Gasteiger partial charge in [-0.3, -0.25) is 4.79 Å². The Labute approximate surface area is 172 Å². The number of carbonyl (C=O) groups is 1. The maximum Gasteiger partial charge on any atom is 0.257 e. The second-order valence-electron chi connectivity index (χ2n) is 6.91. The van der Waals surface area contributed by atoms with E-state index in [1.165, 1.54) is 0 Å². The van der Waals surface area contributed by atoms with Gasteiger partial charge in [0.2, 0.25) is 0 Å². The molecule has 0 unspecified atom stereocenters. The molecule has 7 heteroatoms. The monoisotopic (exact) mass is 446 g/mol. The summed E-state index contributed by atoms with van der Waals surface area (Å²) in [5.74, 6) is 1.24. The molecule has 2 aliphatic rings. The number of amides is 1. The Bertz CT molecular complexity index is 883. The number of nitrogens with zero attached hydrogens (tertiary/aromatic N) is 1. The van der Waals surface area contributed by atoms with Crippen LogP contribution in [0.1, 0.15) is 34.9 Å². The molecule has 2 atom stereocenters. The largest absolute Gasteiger partial charge is 0.493 e. The summed E-state index contributed by atoms with van der Waals surface area (Å²) in [5.41, 5.74) is 2.40. The van der Waals surface area contributed by atoms with Crippen molar-refractivity contribution in [1.82, 2.24) is 4.90 Å². The van der Waals surface area contributed by atoms with Crippen molar-refractivity contribution in [3.63, 3.8) is 0 Å². The number of hydrogen-bond acceptors (Lipinski definition) is 5. The number of nitrogens with one attached hydrogen (secondary N) is 1. The fourth-order valence-electron chi connectivity index (χ4n) is 3.81. The van der Waals surface area contributed by atoms with Gasteiger partial charge in [-0.2, -0.15) is 0 Å². The third-order valence-corrected chi connectivity index (χ3v) is 5.93. The van der Waals surface area contributed by atoms with Gasteiger partial charge >= 0.3 is 0 Å². The maximum atomic E-state index is 13.3. The van der Waals surface area contributed by atoms with Crippen molar-refractivity contribution in [2.75, 3.05) is 32.7 Å². The van der Waals surface area contributed by atoms with Gasteiger partial charge < -0.3 is 24.4 Å². The lowest BCUT2D eigenvalue weighted by molar-refractivity contribution is 0.0426. The zero-order chi connectivity index (χ0) is 19.7. The lowest BCUT2D eigenvalue weighted by atomic mass is 10.0. The van der Waals surface area contributed by atoms with Crippen molar-refractivity contribution in [2.24, 2.45) is 0 Å². The molecule has 2 heterocycles. The summed E-state index contributed by atoms with van der Waals surface area (Å²) < 4.78 is 17.5. The summed E-state index contributed by atoms with van der Waals surface area (Å²) in [6.45, 7) is 1.28. The van der Waals surface area contributed by atoms with Crippen molar-refractivity contribution in [2.45, 2.75) is 25.1 Å². The van der Waals surface area contributed by atoms with E-state index in [1.54, 1.807) is 14.2 Å². The van der Waals surface area contributed by atoms with Gasteiger partial charge in [0.15, 0.2) is 11.5 Å². The number of carbonyl (C=O) groups excluding carboxylic acids is 1. The third-order valence-electron chi connectivity index (χ3n) is 5.24. The second-order valence-corrected chi connectivity index (χ2v) is 7.77. The van der Waals surface area contributed by atoms with Crippen LogP contribution in [0.5, 0.6) is 11.5 Å². The number of halogens is 1. The molecule has 2 aromatic rings. The molecule has 0 aromatic heterocycles. The van der Waals surface area contributed by atoms with E-state index in [9.17, 15) is 4.79 Å². The Morgan fingerprint density at radius 1 is 1.21 bits per heavy atom. The molecular formula is C21H23BrN2O4. The SMILES string of the molecule is COc1cc(Br)c([C@@H]2Nc3ccccc3C(=O)N2C[C@@H]2CCCO2)cc1OC. The zero-order valence-corrected chi connectivity index (χ0v) is 17.5. The minimum absolute atomic E-state index is 0.00321. The van der Waals surface area contributed by atoms with Crippen LogP contribution in [0.4, 0.5) is 5.69 Å². The zero-order valence-electron chi connectivity index (χ0n) is 15.9. The smallest absolute Gasteiger partial charge is 0.257 e. The number of fused-ring (bicyclic) bond motifs is 1. The van der Waals surface area contributed by atoms with E-state index < -0.39 is 0 Å². The molecule has 0 aliphatic carbocycles. The molecule has 0 bridgehead atoms. The third kappa shape index (κ3) is 3.44. The van der Waals surface area contributed by atoms with Gasteiger partial charge in [0.25, 0.3) is 5.91 Å². The molecular weight excluding hydrogens is 424 g/mol. The Balaban J connectivity index is 1.77. The lowest BCUT2D eigenvalue weighted by Crippen LogP contribution is -2.46. The number of rotatable bonds is 5. The molecule has 0 spiro atoms. The van der Waals surface area contributed by atoms with Gasteiger partial charge in [-0.05, 0) is 37.1 Å². The lowest BCUT2D eigenvalue weighted by Gasteiger charge is -2.39. The van der Waals surface area contributed by atoms with E-state index in [0.29, 0.717) is 23.6 Å². The molecule has 4 rings (SSSR count). The quantitative estimate of drug-likeness (QED) is 0.744. The first-order valence-corrected chi connectivity index (χ1v) is 10.1. The topological polar surface area (TPSA) is 60.0 Å². The summed E-state index contributed by atoms with van der Waals surface area (Å²) >= 11 is 3.64. The van der Waals surface area contributed by atoms with Crippen LogP contribution in [0, 0.1) is 0 Å². The first-order chi connectivity index (χ1) is 13.6. The summed E-state index contributed by atoms with van der Waals surface area (Å²) in [4.78, 5) is 15.2. The van der Waals surface area contributed by atoms with E-state index >= 15 is 0 Å². The van der Waals surface area contributed by atoms with Crippen LogP contribution in [0.25, 0.3) is 0 Å². The van der Waals surface area contributed by atoms with E-state index in [0.717, 1.165) is 35.2 Å². The van der Waals surface area contributed by atoms with Crippen LogP contribution < -0.4 is 14.8 Å². The summed E-state index contributed by atoms with van der Waals surface area (Å²) in [7, 11) is 3.21. The highest BCUT2D eigenvalue weighted by Crippen LogP contribution is 2.41. The number of methoxy groups -OCH3 is 2. The predicted molar refractivity (Wildman–Crippen MR) is 110 cm³/mol. The molecule has 0 radical (unpaired) electrons. The normalized spacial score (nSPS) is 21.2. The van der Waals surface area contributed by atoms with Crippen LogP contribution in [0.3, 0.4) is 0 Å². The van der Waals surface area contributed by atoms with Crippen molar-refractivity contribution in [3.05, 3.63) is 52.0 Å². The first kappa shape index (κ1) is 19.1. The molecule has 1 amide bonds. The molecule has 6 nitrogen and oxygen atoms in total. The molecule has 2 aromatic carbocycles. The van der Waals surface area contributed by atoms with Gasteiger partial charge in [0.1, 0.15) is 6.17 Å². The van der Waals surface area contributed by atoms with Crippen molar-refractivity contribution in [1.29, 1.82) is 0 Å². The van der Waals surface area contributed by atoms with Crippen molar-refractivity contribution in [3.8, 4) is 11.5 Å². The number of para-hydroxylation sites is 1. The molecule has 0 saturated carbocycles. The number of benzene rings is 2. The number of anilines is 1. The molecule has 1 saturated heterocycles. The van der Waals surface area contributed by atoms with E-state index in [1.807, 2.05) is 41.3 Å². The van der Waals surface area contributed by atoms with E-state index in [-0.39, 0.29) is 18.2 Å². The highest BCUT2D eigenvalue weighted by Gasteiger charge is 2.36. The molecule has 148 valence electrons. The fourth-order valence-corrected chi connectivity index (χ4v) is 4.35. The summed E-state index contributed by atoms with van der Waals surface area (Å²) in [6.07, 6.45) is 1.70. The highest BCUT2D eigenvalue weighted by atomic mass is 79.9. The van der Waals surface area contributed by atoms with Crippen LogP contribution in [0.15, 0.2) is 40.9 Å². The molecule has 2 aliphatic heterocycles. The van der Waals surface area contributed by atoms with Gasteiger partial charge in [-0.15, -0.1) is 0 Å². The average molecular weight is 447 g/mol. The predicted octanol–water partition coefficient (Wildman–Crippen LogP) is 4.21. The number of ether oxygens (including phenoxy) is 3. The van der Waals surface area contributed by atoms with Crippen molar-refractivity contribution < 1.29 is 19.0 Å². The molecule has 1 N–H and O–H groups in total. The van der Waals surface area contributed by atoms with Gasteiger partial charge in [-0.1, -0.05) is 28.1 Å². The molecule has 28 heavy (non-hydrogen) atoms. The standard InChI is InChI=1S/C21H23BrN2O4/c1-26-18-10-15(16(22)11-19(18)27-2)20-23-17-8-4-3-7-14(17)21(25)24(20)12-13-6-5-9-28-13/h3-4,7-8,10-11,13,20,23H,5-6,9,12H2,1-2H3/t13-,20+/m0/s1. The Morgan fingerprint density at radius 3 is 2.68 bits per heavy atom. The second kappa shape index (κ2) is 8.01. The summed E-state index contributed by atoms with van der Waals surface area (Å²) in [6, 6.07) is 11.4. The Morgan fingerprint density at radius 2 is 1.96 bits per heavy atom. The van der Waals surface area contributed by atoms with E-state index in [4.69, 9.17) is 14.2 Å². The first-order valence-electron chi connectivity index (χ1n) is 9.32. The van der Waals surface area contributed by atoms with Gasteiger partial charge in [0.05, 0.1) is 25.9 Å². The summed E-state index contributed by atoms with van der Waals surface area (Å²) in [5, 5.41) is 3.52. The number of hydrogen-bond donors (Lipinski definition) is 1. The highest BCUT2D eigenvalue weighted by molar-refractivity contribution is 9.10. The van der Waals surface area contributed by atoms with Gasteiger partial charge in [-0.25, -0.2) is 0 Å². The Hall–Kier alpha value is -2.25. The average Bonchev–Trinajstić information content (AvgIpc) is 3.23. The minimum Gasteiger partial charge on any atom is -0.493 e. The van der Waals surface area contributed by atoms with E-state index in [2.05, 4.69) is 21.2 Å². The van der Waals surface area contributed by atoms with Gasteiger partial charge in [0, 0.05) is 28.9 Å². The maximum absolute atomic E-state index is 13.3. The fraction of sp³-hybridized carbons (Fsp3) is 0.381.